The van der Waals surface area contributed by atoms with Crippen molar-refractivity contribution in [3.05, 3.63) is 89.9 Å². The number of anilines is 1. The molecule has 0 saturated carbocycles. The number of amides is 2. The van der Waals surface area contributed by atoms with Crippen LogP contribution in [0.15, 0.2) is 77.4 Å². The quantitative estimate of drug-likeness (QED) is 0.705. The van der Waals surface area contributed by atoms with Gasteiger partial charge in [0.1, 0.15) is 0 Å². The lowest BCUT2D eigenvalue weighted by molar-refractivity contribution is 0.0952. The third kappa shape index (κ3) is 4.19. The van der Waals surface area contributed by atoms with Gasteiger partial charge in [-0.15, -0.1) is 0 Å². The molecule has 2 amide bonds. The van der Waals surface area contributed by atoms with Crippen LogP contribution in [0.3, 0.4) is 0 Å². The minimum Gasteiger partial charge on any atom is -0.459 e. The Morgan fingerprint density at radius 1 is 0.923 bits per heavy atom. The van der Waals surface area contributed by atoms with Crippen LogP contribution in [0, 0.1) is 0 Å². The van der Waals surface area contributed by atoms with Gasteiger partial charge in [-0.25, -0.2) is 0 Å². The summed E-state index contributed by atoms with van der Waals surface area (Å²) in [4.78, 5) is 24.7. The molecule has 1 atom stereocenters. The first-order valence-electron chi connectivity index (χ1n) is 8.42. The fourth-order valence-electron chi connectivity index (χ4n) is 2.62. The SMILES string of the molecule is C[C@@H](CNC(=O)c1ccccc1NC(=O)c1ccco1)c1ccccc1. The van der Waals surface area contributed by atoms with Crippen molar-refractivity contribution >= 4 is 17.5 Å². The number of benzene rings is 2. The molecular formula is C21H20N2O3. The van der Waals surface area contributed by atoms with Gasteiger partial charge >= 0.3 is 0 Å². The topological polar surface area (TPSA) is 71.3 Å². The van der Waals surface area contributed by atoms with E-state index in [1.54, 1.807) is 36.4 Å². The van der Waals surface area contributed by atoms with E-state index in [0.29, 0.717) is 17.8 Å². The molecule has 1 heterocycles. The van der Waals surface area contributed by atoms with E-state index in [1.807, 2.05) is 30.3 Å². The third-order valence-electron chi connectivity index (χ3n) is 4.10. The van der Waals surface area contributed by atoms with Gasteiger partial charge in [-0.2, -0.15) is 0 Å². The lowest BCUT2D eigenvalue weighted by atomic mass is 10.0. The van der Waals surface area contributed by atoms with E-state index in [1.165, 1.54) is 6.26 Å². The molecule has 132 valence electrons. The molecule has 0 fully saturated rings. The van der Waals surface area contributed by atoms with Gasteiger partial charge in [0.15, 0.2) is 5.76 Å². The number of hydrogen-bond donors (Lipinski definition) is 2. The van der Waals surface area contributed by atoms with Crippen LogP contribution >= 0.6 is 0 Å². The highest BCUT2D eigenvalue weighted by molar-refractivity contribution is 6.07. The van der Waals surface area contributed by atoms with E-state index in [0.717, 1.165) is 5.56 Å². The van der Waals surface area contributed by atoms with E-state index in [-0.39, 0.29) is 17.6 Å². The number of rotatable bonds is 6. The molecule has 2 N–H and O–H groups in total. The van der Waals surface area contributed by atoms with Gasteiger partial charge in [0.25, 0.3) is 11.8 Å². The van der Waals surface area contributed by atoms with Crippen LogP contribution in [0.25, 0.3) is 0 Å². The van der Waals surface area contributed by atoms with Crippen molar-refractivity contribution in [3.8, 4) is 0 Å². The minimum absolute atomic E-state index is 0.185. The zero-order valence-corrected chi connectivity index (χ0v) is 14.4. The third-order valence-corrected chi connectivity index (χ3v) is 4.10. The van der Waals surface area contributed by atoms with Crippen molar-refractivity contribution in [2.45, 2.75) is 12.8 Å². The Balaban J connectivity index is 1.67. The maximum absolute atomic E-state index is 12.6. The van der Waals surface area contributed by atoms with Crippen LogP contribution in [0.1, 0.15) is 39.3 Å². The van der Waals surface area contributed by atoms with Crippen LogP contribution in [0.4, 0.5) is 5.69 Å². The average Bonchev–Trinajstić information content (AvgIpc) is 3.22. The molecule has 26 heavy (non-hydrogen) atoms. The van der Waals surface area contributed by atoms with Gasteiger partial charge in [-0.1, -0.05) is 49.4 Å². The first-order chi connectivity index (χ1) is 12.6. The molecule has 5 heteroatoms. The van der Waals surface area contributed by atoms with Crippen molar-refractivity contribution in [1.29, 1.82) is 0 Å². The van der Waals surface area contributed by atoms with Gasteiger partial charge in [0, 0.05) is 6.54 Å². The van der Waals surface area contributed by atoms with Gasteiger partial charge < -0.3 is 15.1 Å². The number of hydrogen-bond acceptors (Lipinski definition) is 3. The maximum Gasteiger partial charge on any atom is 0.291 e. The molecule has 5 nitrogen and oxygen atoms in total. The second-order valence-corrected chi connectivity index (χ2v) is 6.00. The van der Waals surface area contributed by atoms with Crippen molar-refractivity contribution < 1.29 is 14.0 Å². The highest BCUT2D eigenvalue weighted by atomic mass is 16.3. The Morgan fingerprint density at radius 2 is 1.65 bits per heavy atom. The number of carbonyl (C=O) groups is 2. The number of carbonyl (C=O) groups excluding carboxylic acids is 2. The second kappa shape index (κ2) is 8.16. The zero-order valence-electron chi connectivity index (χ0n) is 14.4. The molecule has 1 aromatic heterocycles. The summed E-state index contributed by atoms with van der Waals surface area (Å²) in [5.41, 5.74) is 2.01. The van der Waals surface area contributed by atoms with Crippen molar-refractivity contribution in [3.63, 3.8) is 0 Å². The molecular weight excluding hydrogens is 328 g/mol. The normalized spacial score (nSPS) is 11.6. The van der Waals surface area contributed by atoms with Crippen LogP contribution < -0.4 is 10.6 Å². The summed E-state index contributed by atoms with van der Waals surface area (Å²) in [5.74, 6) is -0.251. The molecule has 3 rings (SSSR count). The summed E-state index contributed by atoms with van der Waals surface area (Å²) < 4.78 is 5.08. The zero-order chi connectivity index (χ0) is 18.4. The summed E-state index contributed by atoms with van der Waals surface area (Å²) in [7, 11) is 0. The van der Waals surface area contributed by atoms with E-state index in [4.69, 9.17) is 4.42 Å². The maximum atomic E-state index is 12.6. The summed E-state index contributed by atoms with van der Waals surface area (Å²) in [6.07, 6.45) is 1.43. The Kier molecular flexibility index (Phi) is 5.49. The Labute approximate surface area is 152 Å². The smallest absolute Gasteiger partial charge is 0.291 e. The molecule has 0 unspecified atom stereocenters. The summed E-state index contributed by atoms with van der Waals surface area (Å²) in [6, 6.07) is 20.1. The van der Waals surface area contributed by atoms with Crippen LogP contribution in [-0.2, 0) is 0 Å². The highest BCUT2D eigenvalue weighted by Gasteiger charge is 2.16. The lowest BCUT2D eigenvalue weighted by Crippen LogP contribution is -2.28. The Morgan fingerprint density at radius 3 is 2.38 bits per heavy atom. The van der Waals surface area contributed by atoms with Crippen LogP contribution in [0.5, 0.6) is 0 Å². The largest absolute Gasteiger partial charge is 0.459 e. The molecule has 2 aromatic carbocycles. The van der Waals surface area contributed by atoms with E-state index in [9.17, 15) is 9.59 Å². The number of furan rings is 1. The standard InChI is InChI=1S/C21H20N2O3/c1-15(16-8-3-2-4-9-16)14-22-20(24)17-10-5-6-11-18(17)23-21(25)19-12-7-13-26-19/h2-13,15H,14H2,1H3,(H,22,24)(H,23,25)/t15-/m0/s1. The van der Waals surface area contributed by atoms with Crippen LogP contribution in [0.2, 0.25) is 0 Å². The van der Waals surface area contributed by atoms with E-state index in [2.05, 4.69) is 17.6 Å². The second-order valence-electron chi connectivity index (χ2n) is 6.00. The molecule has 3 aromatic rings. The number of para-hydroxylation sites is 1. The molecule has 0 radical (unpaired) electrons. The highest BCUT2D eigenvalue weighted by Crippen LogP contribution is 2.18. The monoisotopic (exact) mass is 348 g/mol. The van der Waals surface area contributed by atoms with Crippen molar-refractivity contribution in [1.82, 2.24) is 5.32 Å². The van der Waals surface area contributed by atoms with Crippen molar-refractivity contribution in [2.24, 2.45) is 0 Å². The molecule has 0 spiro atoms. The van der Waals surface area contributed by atoms with E-state index >= 15 is 0 Å². The van der Waals surface area contributed by atoms with Gasteiger partial charge in [0.05, 0.1) is 17.5 Å². The van der Waals surface area contributed by atoms with Gasteiger partial charge in [0.2, 0.25) is 0 Å². The van der Waals surface area contributed by atoms with Crippen LogP contribution in [-0.4, -0.2) is 18.4 Å². The molecule has 0 aliphatic heterocycles. The first-order valence-corrected chi connectivity index (χ1v) is 8.42. The molecule has 0 saturated heterocycles. The van der Waals surface area contributed by atoms with E-state index < -0.39 is 5.91 Å². The summed E-state index contributed by atoms with van der Waals surface area (Å²) >= 11 is 0. The van der Waals surface area contributed by atoms with Gasteiger partial charge in [-0.05, 0) is 35.7 Å². The average molecular weight is 348 g/mol. The first kappa shape index (κ1) is 17.5. The Hall–Kier alpha value is -3.34. The summed E-state index contributed by atoms with van der Waals surface area (Å²) in [5, 5.41) is 5.65. The predicted molar refractivity (Wildman–Crippen MR) is 100 cm³/mol. The fourth-order valence-corrected chi connectivity index (χ4v) is 2.62. The molecule has 0 bridgehead atoms. The molecule has 0 aliphatic carbocycles. The van der Waals surface area contributed by atoms with Crippen molar-refractivity contribution in [2.75, 3.05) is 11.9 Å². The predicted octanol–water partition coefficient (Wildman–Crippen LogP) is 4.07. The fraction of sp³-hybridized carbons (Fsp3) is 0.143. The minimum atomic E-state index is -0.395. The Bertz CT molecular complexity index is 873. The van der Waals surface area contributed by atoms with Gasteiger partial charge in [-0.3, -0.25) is 9.59 Å². The number of nitrogens with one attached hydrogen (secondary N) is 2. The summed E-state index contributed by atoms with van der Waals surface area (Å²) in [6.45, 7) is 2.56. The molecule has 0 aliphatic rings. The lowest BCUT2D eigenvalue weighted by Gasteiger charge is -2.15.